The van der Waals surface area contributed by atoms with Crippen molar-refractivity contribution in [2.75, 3.05) is 0 Å². The Morgan fingerprint density at radius 1 is 1.24 bits per heavy atom. The minimum atomic E-state index is -0.462. The number of aryl methyl sites for hydroxylation is 4. The molecule has 0 saturated heterocycles. The molecule has 0 fully saturated rings. The van der Waals surface area contributed by atoms with Gasteiger partial charge in [-0.2, -0.15) is 0 Å². The first-order valence-electron chi connectivity index (χ1n) is 8.02. The van der Waals surface area contributed by atoms with Gasteiger partial charge in [-0.3, -0.25) is 4.79 Å². The maximum Gasteiger partial charge on any atom is 0.338 e. The molecule has 7 nitrogen and oxygen atoms in total. The van der Waals surface area contributed by atoms with E-state index in [1.54, 1.807) is 43.5 Å². The molecule has 0 N–H and O–H groups in total. The van der Waals surface area contributed by atoms with Gasteiger partial charge in [0.2, 0.25) is 0 Å². The highest BCUT2D eigenvalue weighted by Gasteiger charge is 2.15. The van der Waals surface area contributed by atoms with Crippen LogP contribution in [0.4, 0.5) is 0 Å². The summed E-state index contributed by atoms with van der Waals surface area (Å²) in [6.07, 6.45) is 0. The second-order valence-electron chi connectivity index (χ2n) is 5.83. The third kappa shape index (κ3) is 3.05. The SMILES string of the molecule is CCn1c(=O)c(C)nc2cc(C(=O)OCc3c(C)noc3C)ccc21. The number of esters is 1. The fourth-order valence-corrected chi connectivity index (χ4v) is 2.74. The van der Waals surface area contributed by atoms with Crippen molar-refractivity contribution < 1.29 is 14.1 Å². The van der Waals surface area contributed by atoms with Crippen molar-refractivity contribution in [2.45, 2.75) is 40.8 Å². The van der Waals surface area contributed by atoms with E-state index < -0.39 is 5.97 Å². The van der Waals surface area contributed by atoms with Crippen LogP contribution in [0.15, 0.2) is 27.5 Å². The van der Waals surface area contributed by atoms with E-state index in [9.17, 15) is 9.59 Å². The first-order valence-corrected chi connectivity index (χ1v) is 8.02. The van der Waals surface area contributed by atoms with Crippen molar-refractivity contribution in [1.29, 1.82) is 0 Å². The molecule has 1 aromatic carbocycles. The van der Waals surface area contributed by atoms with Crippen molar-refractivity contribution in [1.82, 2.24) is 14.7 Å². The van der Waals surface area contributed by atoms with Gasteiger partial charge in [0.05, 0.1) is 27.9 Å². The zero-order valence-electron chi connectivity index (χ0n) is 14.6. The molecule has 2 heterocycles. The molecule has 0 amide bonds. The molecule has 0 aliphatic heterocycles. The maximum atomic E-state index is 12.3. The zero-order valence-corrected chi connectivity index (χ0v) is 14.6. The third-order valence-electron chi connectivity index (χ3n) is 4.19. The predicted octanol–water partition coefficient (Wildman–Crippen LogP) is 2.69. The van der Waals surface area contributed by atoms with E-state index in [4.69, 9.17) is 9.26 Å². The largest absolute Gasteiger partial charge is 0.457 e. The summed E-state index contributed by atoms with van der Waals surface area (Å²) in [5.74, 6) is 0.170. The molecule has 0 aliphatic carbocycles. The van der Waals surface area contributed by atoms with Crippen molar-refractivity contribution in [3.05, 3.63) is 56.8 Å². The van der Waals surface area contributed by atoms with Gasteiger partial charge < -0.3 is 13.8 Å². The summed E-state index contributed by atoms with van der Waals surface area (Å²) in [6, 6.07) is 5.00. The smallest absolute Gasteiger partial charge is 0.338 e. The summed E-state index contributed by atoms with van der Waals surface area (Å²) in [7, 11) is 0. The minimum Gasteiger partial charge on any atom is -0.457 e. The second-order valence-corrected chi connectivity index (χ2v) is 5.83. The Hall–Kier alpha value is -2.96. The van der Waals surface area contributed by atoms with Crippen molar-refractivity contribution in [2.24, 2.45) is 0 Å². The van der Waals surface area contributed by atoms with E-state index in [0.29, 0.717) is 40.3 Å². The van der Waals surface area contributed by atoms with E-state index in [2.05, 4.69) is 10.1 Å². The minimum absolute atomic E-state index is 0.0962. The summed E-state index contributed by atoms with van der Waals surface area (Å²) < 4.78 is 12.1. The van der Waals surface area contributed by atoms with Crippen LogP contribution in [0.1, 0.15) is 40.0 Å². The normalized spacial score (nSPS) is 11.0. The van der Waals surface area contributed by atoms with E-state index in [-0.39, 0.29) is 12.2 Å². The van der Waals surface area contributed by atoms with Crippen LogP contribution in [0, 0.1) is 20.8 Å². The second kappa shape index (κ2) is 6.51. The number of ether oxygens (including phenoxy) is 1. The van der Waals surface area contributed by atoms with E-state index >= 15 is 0 Å². The van der Waals surface area contributed by atoms with Crippen LogP contribution in [0.5, 0.6) is 0 Å². The molecule has 7 heteroatoms. The van der Waals surface area contributed by atoms with Gasteiger partial charge in [0.25, 0.3) is 5.56 Å². The molecule has 2 aromatic heterocycles. The van der Waals surface area contributed by atoms with Gasteiger partial charge in [0, 0.05) is 6.54 Å². The first kappa shape index (κ1) is 16.9. The number of nitrogens with zero attached hydrogens (tertiary/aromatic N) is 3. The average molecular weight is 341 g/mol. The summed E-state index contributed by atoms with van der Waals surface area (Å²) in [6.45, 7) is 7.76. The van der Waals surface area contributed by atoms with Crippen LogP contribution in [0.25, 0.3) is 11.0 Å². The molecule has 0 aliphatic rings. The number of hydrogen-bond acceptors (Lipinski definition) is 6. The lowest BCUT2D eigenvalue weighted by Crippen LogP contribution is -2.23. The van der Waals surface area contributed by atoms with E-state index in [1.165, 1.54) is 0 Å². The molecule has 0 radical (unpaired) electrons. The highest BCUT2D eigenvalue weighted by atomic mass is 16.5. The quantitative estimate of drug-likeness (QED) is 0.678. The Morgan fingerprint density at radius 3 is 2.64 bits per heavy atom. The lowest BCUT2D eigenvalue weighted by Gasteiger charge is -2.10. The molecule has 130 valence electrons. The lowest BCUT2D eigenvalue weighted by atomic mass is 10.2. The van der Waals surface area contributed by atoms with Crippen molar-refractivity contribution in [3.63, 3.8) is 0 Å². The third-order valence-corrected chi connectivity index (χ3v) is 4.19. The van der Waals surface area contributed by atoms with Gasteiger partial charge in [-0.05, 0) is 45.9 Å². The first-order chi connectivity index (χ1) is 11.9. The maximum absolute atomic E-state index is 12.3. The summed E-state index contributed by atoms with van der Waals surface area (Å²) in [4.78, 5) is 28.8. The number of aromatic nitrogens is 3. The topological polar surface area (TPSA) is 87.2 Å². The van der Waals surface area contributed by atoms with Gasteiger partial charge in [-0.15, -0.1) is 0 Å². The van der Waals surface area contributed by atoms with Crippen LogP contribution >= 0.6 is 0 Å². The average Bonchev–Trinajstić information content (AvgIpc) is 2.91. The van der Waals surface area contributed by atoms with E-state index in [0.717, 1.165) is 5.56 Å². The number of fused-ring (bicyclic) bond motifs is 1. The molecule has 3 rings (SSSR count). The van der Waals surface area contributed by atoms with E-state index in [1.807, 2.05) is 6.92 Å². The molecular weight excluding hydrogens is 322 g/mol. The van der Waals surface area contributed by atoms with Crippen LogP contribution < -0.4 is 5.56 Å². The van der Waals surface area contributed by atoms with Gasteiger partial charge in [0.1, 0.15) is 18.1 Å². The molecule has 0 atom stereocenters. The Balaban J connectivity index is 1.90. The predicted molar refractivity (Wildman–Crippen MR) is 91.5 cm³/mol. The lowest BCUT2D eigenvalue weighted by molar-refractivity contribution is 0.0471. The van der Waals surface area contributed by atoms with Crippen molar-refractivity contribution in [3.8, 4) is 0 Å². The highest BCUT2D eigenvalue weighted by molar-refractivity contribution is 5.93. The van der Waals surface area contributed by atoms with Crippen LogP contribution in [0.2, 0.25) is 0 Å². The molecule has 0 bridgehead atoms. The molecule has 25 heavy (non-hydrogen) atoms. The van der Waals surface area contributed by atoms with Gasteiger partial charge in [-0.1, -0.05) is 5.16 Å². The highest BCUT2D eigenvalue weighted by Crippen LogP contribution is 2.17. The fraction of sp³-hybridized carbons (Fsp3) is 0.333. The van der Waals surface area contributed by atoms with Crippen LogP contribution in [0.3, 0.4) is 0 Å². The number of carbonyl (C=O) groups is 1. The standard InChI is InChI=1S/C18H19N3O4/c1-5-21-16-7-6-13(8-15(16)19-11(3)17(21)22)18(23)24-9-14-10(2)20-25-12(14)4/h6-8H,5,9H2,1-4H3. The summed E-state index contributed by atoms with van der Waals surface area (Å²) >= 11 is 0. The van der Waals surface area contributed by atoms with Crippen LogP contribution in [-0.4, -0.2) is 20.7 Å². The molecule has 3 aromatic rings. The Labute approximate surface area is 144 Å². The Kier molecular flexibility index (Phi) is 4.39. The molecule has 0 unspecified atom stereocenters. The zero-order chi connectivity index (χ0) is 18.1. The fourth-order valence-electron chi connectivity index (χ4n) is 2.74. The van der Waals surface area contributed by atoms with Crippen molar-refractivity contribution >= 4 is 17.0 Å². The summed E-state index contributed by atoms with van der Waals surface area (Å²) in [5, 5.41) is 3.84. The molecule has 0 spiro atoms. The molecular formula is C18H19N3O4. The number of rotatable bonds is 4. The summed E-state index contributed by atoms with van der Waals surface area (Å²) in [5.41, 5.74) is 3.41. The van der Waals surface area contributed by atoms with Crippen LogP contribution in [-0.2, 0) is 17.9 Å². The Bertz CT molecular complexity index is 998. The van der Waals surface area contributed by atoms with Gasteiger partial charge in [0.15, 0.2) is 0 Å². The number of carbonyl (C=O) groups excluding carboxylic acids is 1. The van der Waals surface area contributed by atoms with Gasteiger partial charge in [-0.25, -0.2) is 9.78 Å². The van der Waals surface area contributed by atoms with Gasteiger partial charge >= 0.3 is 5.97 Å². The number of hydrogen-bond donors (Lipinski definition) is 0. The molecule has 0 saturated carbocycles. The monoisotopic (exact) mass is 341 g/mol. The number of benzene rings is 1. The Morgan fingerprint density at radius 2 is 2.00 bits per heavy atom.